The van der Waals surface area contributed by atoms with Crippen LogP contribution >= 0.6 is 0 Å². The van der Waals surface area contributed by atoms with E-state index in [0.717, 1.165) is 18.2 Å². The Bertz CT molecular complexity index is 730. The Morgan fingerprint density at radius 2 is 2.04 bits per heavy atom. The number of halogens is 5. The third-order valence-corrected chi connectivity index (χ3v) is 2.67. The van der Waals surface area contributed by atoms with Crippen LogP contribution in [0, 0.1) is 0 Å². The van der Waals surface area contributed by atoms with E-state index in [1.807, 2.05) is 0 Å². The van der Waals surface area contributed by atoms with Crippen LogP contribution in [0.4, 0.5) is 22.0 Å². The molecule has 0 aromatic carbocycles. The number of carbonyl (C=O) groups excluding carboxylic acids is 1. The molecule has 0 saturated carbocycles. The fourth-order valence-electron chi connectivity index (χ4n) is 1.83. The number of aromatic nitrogens is 3. The van der Waals surface area contributed by atoms with Crippen molar-refractivity contribution in [1.82, 2.24) is 14.8 Å². The Labute approximate surface area is 131 Å². The number of carbonyl (C=O) groups is 1. The Hall–Kier alpha value is -2.72. The van der Waals surface area contributed by atoms with Crippen LogP contribution in [0.5, 0.6) is 5.88 Å². The quantitative estimate of drug-likeness (QED) is 0.612. The molecule has 0 aliphatic heterocycles. The molecule has 2 rings (SSSR count). The first-order chi connectivity index (χ1) is 11.2. The van der Waals surface area contributed by atoms with Gasteiger partial charge >= 0.3 is 18.8 Å². The number of esters is 1. The van der Waals surface area contributed by atoms with Crippen molar-refractivity contribution in [1.29, 1.82) is 0 Å². The van der Waals surface area contributed by atoms with Crippen LogP contribution in [-0.2, 0) is 10.9 Å². The topological polar surface area (TPSA) is 66.2 Å². The highest BCUT2D eigenvalue weighted by Gasteiger charge is 2.41. The highest BCUT2D eigenvalue weighted by molar-refractivity contribution is 5.90. The molecule has 0 aliphatic rings. The highest BCUT2D eigenvalue weighted by atomic mass is 19.4. The largest absolute Gasteiger partial charge is 0.462 e. The lowest BCUT2D eigenvalue weighted by Crippen LogP contribution is -2.19. The second kappa shape index (κ2) is 6.81. The Kier molecular flexibility index (Phi) is 5.00. The maximum Gasteiger partial charge on any atom is 0.434 e. The SMILES string of the molecule is CCOC(=O)c1cnn(-c2cccc(OC(F)F)n2)c1C(F)(F)F. The zero-order chi connectivity index (χ0) is 17.9. The zero-order valence-corrected chi connectivity index (χ0v) is 12.1. The summed E-state index contributed by atoms with van der Waals surface area (Å²) in [5.74, 6) is -2.25. The van der Waals surface area contributed by atoms with Gasteiger partial charge in [-0.3, -0.25) is 0 Å². The molecular formula is C13H10F5N3O3. The van der Waals surface area contributed by atoms with Gasteiger partial charge < -0.3 is 9.47 Å². The van der Waals surface area contributed by atoms with E-state index in [1.165, 1.54) is 6.92 Å². The van der Waals surface area contributed by atoms with Gasteiger partial charge in [-0.15, -0.1) is 0 Å². The molecule has 0 bridgehead atoms. The minimum absolute atomic E-state index is 0.128. The molecule has 0 saturated heterocycles. The number of nitrogens with zero attached hydrogens (tertiary/aromatic N) is 3. The van der Waals surface area contributed by atoms with Crippen LogP contribution in [0.3, 0.4) is 0 Å². The Balaban J connectivity index is 2.53. The third kappa shape index (κ3) is 3.78. The molecule has 24 heavy (non-hydrogen) atoms. The first-order valence-electron chi connectivity index (χ1n) is 6.48. The second-order valence-electron chi connectivity index (χ2n) is 4.25. The van der Waals surface area contributed by atoms with Gasteiger partial charge in [0.05, 0.1) is 12.8 Å². The molecule has 0 aliphatic carbocycles. The van der Waals surface area contributed by atoms with E-state index >= 15 is 0 Å². The third-order valence-electron chi connectivity index (χ3n) is 2.67. The predicted octanol–water partition coefficient (Wildman–Crippen LogP) is 3.06. The summed E-state index contributed by atoms with van der Waals surface area (Å²) in [4.78, 5) is 15.2. The summed E-state index contributed by atoms with van der Waals surface area (Å²) >= 11 is 0. The number of ether oxygens (including phenoxy) is 2. The standard InChI is InChI=1S/C13H10F5N3O3/c1-2-23-11(22)7-6-19-21(10(7)13(16,17)18)8-4-3-5-9(20-8)24-12(14)15/h3-6,12H,2H2,1H3. The van der Waals surface area contributed by atoms with E-state index in [-0.39, 0.29) is 6.61 Å². The molecule has 0 amide bonds. The van der Waals surface area contributed by atoms with Crippen molar-refractivity contribution in [2.45, 2.75) is 19.7 Å². The summed E-state index contributed by atoms with van der Waals surface area (Å²) in [6, 6.07) is 3.29. The fourth-order valence-corrected chi connectivity index (χ4v) is 1.83. The smallest absolute Gasteiger partial charge is 0.434 e. The number of alkyl halides is 5. The van der Waals surface area contributed by atoms with Crippen molar-refractivity contribution in [3.63, 3.8) is 0 Å². The van der Waals surface area contributed by atoms with Gasteiger partial charge in [0.1, 0.15) is 5.56 Å². The zero-order valence-electron chi connectivity index (χ0n) is 12.1. The average Bonchev–Trinajstić information content (AvgIpc) is 2.92. The van der Waals surface area contributed by atoms with Crippen molar-refractivity contribution < 1.29 is 36.2 Å². The minimum atomic E-state index is -4.96. The van der Waals surface area contributed by atoms with Gasteiger partial charge in [0, 0.05) is 6.07 Å². The van der Waals surface area contributed by atoms with Gasteiger partial charge in [-0.25, -0.2) is 9.48 Å². The summed E-state index contributed by atoms with van der Waals surface area (Å²) in [5, 5.41) is 3.47. The molecule has 0 fully saturated rings. The van der Waals surface area contributed by atoms with Gasteiger partial charge in [-0.1, -0.05) is 6.07 Å². The van der Waals surface area contributed by atoms with Crippen LogP contribution in [0.25, 0.3) is 5.82 Å². The summed E-state index contributed by atoms with van der Waals surface area (Å²) in [7, 11) is 0. The Morgan fingerprint density at radius 3 is 2.62 bits per heavy atom. The van der Waals surface area contributed by atoms with Crippen molar-refractivity contribution in [2.75, 3.05) is 6.61 Å². The summed E-state index contributed by atoms with van der Waals surface area (Å²) in [6.45, 7) is -1.89. The molecular weight excluding hydrogens is 341 g/mol. The summed E-state index contributed by atoms with van der Waals surface area (Å²) in [6.07, 6.45) is -4.29. The first-order valence-corrected chi connectivity index (χ1v) is 6.48. The lowest BCUT2D eigenvalue weighted by molar-refractivity contribution is -0.143. The van der Waals surface area contributed by atoms with Crippen LogP contribution in [0.1, 0.15) is 23.0 Å². The van der Waals surface area contributed by atoms with Crippen molar-refractivity contribution in [3.05, 3.63) is 35.7 Å². The number of hydrogen-bond donors (Lipinski definition) is 0. The van der Waals surface area contributed by atoms with Crippen LogP contribution in [0.15, 0.2) is 24.4 Å². The lowest BCUT2D eigenvalue weighted by Gasteiger charge is -2.12. The molecule has 2 heterocycles. The van der Waals surface area contributed by atoms with E-state index < -0.39 is 41.7 Å². The fraction of sp³-hybridized carbons (Fsp3) is 0.308. The molecule has 0 radical (unpaired) electrons. The molecule has 130 valence electrons. The second-order valence-corrected chi connectivity index (χ2v) is 4.25. The van der Waals surface area contributed by atoms with Crippen LogP contribution in [-0.4, -0.2) is 34.0 Å². The lowest BCUT2D eigenvalue weighted by atomic mass is 10.2. The van der Waals surface area contributed by atoms with E-state index in [0.29, 0.717) is 10.9 Å². The van der Waals surface area contributed by atoms with Gasteiger partial charge in [0.2, 0.25) is 5.88 Å². The monoisotopic (exact) mass is 351 g/mol. The van der Waals surface area contributed by atoms with Gasteiger partial charge in [0.15, 0.2) is 11.5 Å². The maximum atomic E-state index is 13.3. The van der Waals surface area contributed by atoms with Crippen LogP contribution < -0.4 is 4.74 Å². The predicted molar refractivity (Wildman–Crippen MR) is 68.9 cm³/mol. The normalized spacial score (nSPS) is 11.6. The molecule has 0 atom stereocenters. The Morgan fingerprint density at radius 1 is 1.33 bits per heavy atom. The molecule has 2 aromatic rings. The molecule has 0 unspecified atom stereocenters. The molecule has 2 aromatic heterocycles. The van der Waals surface area contributed by atoms with Gasteiger partial charge in [-0.2, -0.15) is 32.0 Å². The molecule has 0 spiro atoms. The number of hydrogen-bond acceptors (Lipinski definition) is 5. The van der Waals surface area contributed by atoms with Crippen LogP contribution in [0.2, 0.25) is 0 Å². The molecule has 0 N–H and O–H groups in total. The number of pyridine rings is 1. The summed E-state index contributed by atoms with van der Waals surface area (Å²) in [5.41, 5.74) is -2.24. The van der Waals surface area contributed by atoms with Crippen molar-refractivity contribution >= 4 is 5.97 Å². The average molecular weight is 351 g/mol. The maximum absolute atomic E-state index is 13.3. The van der Waals surface area contributed by atoms with Crippen molar-refractivity contribution in [2.24, 2.45) is 0 Å². The van der Waals surface area contributed by atoms with Crippen molar-refractivity contribution in [3.8, 4) is 11.7 Å². The van der Waals surface area contributed by atoms with E-state index in [9.17, 15) is 26.7 Å². The summed E-state index contributed by atoms with van der Waals surface area (Å²) < 4.78 is 73.2. The van der Waals surface area contributed by atoms with E-state index in [1.54, 1.807) is 0 Å². The molecule has 6 nitrogen and oxygen atoms in total. The molecule has 11 heteroatoms. The first kappa shape index (κ1) is 17.6. The van der Waals surface area contributed by atoms with Gasteiger partial charge in [-0.05, 0) is 13.0 Å². The minimum Gasteiger partial charge on any atom is -0.462 e. The van der Waals surface area contributed by atoms with E-state index in [2.05, 4.69) is 19.6 Å². The van der Waals surface area contributed by atoms with E-state index in [4.69, 9.17) is 0 Å². The van der Waals surface area contributed by atoms with Gasteiger partial charge in [0.25, 0.3) is 0 Å². The highest BCUT2D eigenvalue weighted by Crippen LogP contribution is 2.34. The number of rotatable bonds is 5.